The Morgan fingerprint density at radius 1 is 1.17 bits per heavy atom. The predicted octanol–water partition coefficient (Wildman–Crippen LogP) is 4.87. The second-order valence-corrected chi connectivity index (χ2v) is 7.69. The van der Waals surface area contributed by atoms with Crippen LogP contribution in [0, 0.1) is 6.92 Å². The van der Waals surface area contributed by atoms with Gasteiger partial charge >= 0.3 is 0 Å². The maximum absolute atomic E-state index is 13.4. The molecule has 156 valence electrons. The third-order valence-electron chi connectivity index (χ3n) is 5.76. The van der Waals surface area contributed by atoms with Crippen molar-refractivity contribution in [1.29, 1.82) is 0 Å². The molecule has 0 bridgehead atoms. The van der Waals surface area contributed by atoms with E-state index in [4.69, 9.17) is 14.2 Å². The van der Waals surface area contributed by atoms with Gasteiger partial charge in [-0.2, -0.15) is 0 Å². The lowest BCUT2D eigenvalue weighted by atomic mass is 9.73. The second kappa shape index (κ2) is 9.31. The Balaban J connectivity index is 1.82. The Morgan fingerprint density at radius 3 is 2.45 bits per heavy atom. The number of ether oxygens (including phenoxy) is 3. The lowest BCUT2D eigenvalue weighted by Gasteiger charge is -2.36. The van der Waals surface area contributed by atoms with Gasteiger partial charge in [0.25, 0.3) is 0 Å². The fourth-order valence-electron chi connectivity index (χ4n) is 3.69. The van der Waals surface area contributed by atoms with Crippen LogP contribution < -0.4 is 14.8 Å². The lowest BCUT2D eigenvalue weighted by molar-refractivity contribution is -0.125. The maximum atomic E-state index is 13.4. The van der Waals surface area contributed by atoms with E-state index < -0.39 is 5.41 Å². The van der Waals surface area contributed by atoms with Crippen molar-refractivity contribution in [2.45, 2.75) is 51.6 Å². The molecule has 29 heavy (non-hydrogen) atoms. The molecule has 5 heteroatoms. The zero-order valence-corrected chi connectivity index (χ0v) is 17.8. The van der Waals surface area contributed by atoms with E-state index in [2.05, 4.69) is 19.2 Å². The number of nitrogens with one attached hydrogen (secondary N) is 1. The van der Waals surface area contributed by atoms with E-state index in [0.29, 0.717) is 26.1 Å². The molecule has 1 fully saturated rings. The molecule has 5 nitrogen and oxygen atoms in total. The van der Waals surface area contributed by atoms with Gasteiger partial charge in [0, 0.05) is 18.9 Å². The van der Waals surface area contributed by atoms with Crippen LogP contribution in [0.3, 0.4) is 0 Å². The van der Waals surface area contributed by atoms with Crippen molar-refractivity contribution < 1.29 is 19.0 Å². The molecule has 1 atom stereocenters. The van der Waals surface area contributed by atoms with Crippen molar-refractivity contribution in [2.75, 3.05) is 25.6 Å². The van der Waals surface area contributed by atoms with Gasteiger partial charge in [0.2, 0.25) is 5.91 Å². The quantitative estimate of drug-likeness (QED) is 0.724. The molecule has 1 amide bonds. The molecule has 0 spiro atoms. The van der Waals surface area contributed by atoms with Gasteiger partial charge in [-0.15, -0.1) is 0 Å². The van der Waals surface area contributed by atoms with Crippen LogP contribution in [0.25, 0.3) is 0 Å². The number of aryl methyl sites for hydroxylation is 1. The molecular weight excluding hydrogens is 366 g/mol. The highest BCUT2D eigenvalue weighted by Gasteiger charge is 2.41. The largest absolute Gasteiger partial charge is 0.497 e. The third-order valence-corrected chi connectivity index (χ3v) is 5.76. The summed E-state index contributed by atoms with van der Waals surface area (Å²) in [6.07, 6.45) is 2.41. The molecule has 0 aliphatic carbocycles. The van der Waals surface area contributed by atoms with E-state index in [-0.39, 0.29) is 12.0 Å². The summed E-state index contributed by atoms with van der Waals surface area (Å²) in [7, 11) is 1.64. The Hall–Kier alpha value is -2.53. The highest BCUT2D eigenvalue weighted by molar-refractivity contribution is 5.99. The predicted molar refractivity (Wildman–Crippen MR) is 115 cm³/mol. The zero-order chi connectivity index (χ0) is 20.9. The van der Waals surface area contributed by atoms with Crippen molar-refractivity contribution >= 4 is 11.6 Å². The summed E-state index contributed by atoms with van der Waals surface area (Å²) < 4.78 is 16.8. The van der Waals surface area contributed by atoms with Crippen LogP contribution in [-0.2, 0) is 14.9 Å². The smallest absolute Gasteiger partial charge is 0.235 e. The molecule has 0 aromatic heterocycles. The summed E-state index contributed by atoms with van der Waals surface area (Å²) in [5.41, 5.74) is 2.18. The Morgan fingerprint density at radius 2 is 1.86 bits per heavy atom. The average molecular weight is 398 g/mol. The van der Waals surface area contributed by atoms with E-state index in [0.717, 1.165) is 34.7 Å². The molecule has 1 aliphatic rings. The maximum Gasteiger partial charge on any atom is 0.235 e. The lowest BCUT2D eigenvalue weighted by Crippen LogP contribution is -2.44. The van der Waals surface area contributed by atoms with Crippen LogP contribution in [0.5, 0.6) is 11.5 Å². The van der Waals surface area contributed by atoms with Gasteiger partial charge in [-0.3, -0.25) is 4.79 Å². The number of rotatable bonds is 7. The molecule has 1 N–H and O–H groups in total. The van der Waals surface area contributed by atoms with Crippen LogP contribution >= 0.6 is 0 Å². The van der Waals surface area contributed by atoms with E-state index in [1.165, 1.54) is 0 Å². The minimum atomic E-state index is -0.607. The molecule has 3 rings (SSSR count). The van der Waals surface area contributed by atoms with Gasteiger partial charge in [-0.1, -0.05) is 19.1 Å². The van der Waals surface area contributed by atoms with Gasteiger partial charge in [-0.25, -0.2) is 0 Å². The Kier molecular flexibility index (Phi) is 6.80. The number of methoxy groups -OCH3 is 1. The molecule has 0 radical (unpaired) electrons. The van der Waals surface area contributed by atoms with Crippen LogP contribution in [0.4, 0.5) is 5.69 Å². The van der Waals surface area contributed by atoms with Crippen molar-refractivity contribution in [3.05, 3.63) is 53.6 Å². The van der Waals surface area contributed by atoms with E-state index >= 15 is 0 Å². The monoisotopic (exact) mass is 397 g/mol. The molecule has 1 aliphatic heterocycles. The molecule has 2 aromatic rings. The van der Waals surface area contributed by atoms with Crippen LogP contribution in [-0.4, -0.2) is 32.3 Å². The molecule has 1 heterocycles. The fourth-order valence-corrected chi connectivity index (χ4v) is 3.69. The fraction of sp³-hybridized carbons (Fsp3) is 0.458. The molecular formula is C24H31NO4. The third kappa shape index (κ3) is 4.73. The second-order valence-electron chi connectivity index (χ2n) is 7.69. The van der Waals surface area contributed by atoms with Crippen molar-refractivity contribution in [2.24, 2.45) is 0 Å². The molecule has 0 saturated carbocycles. The number of hydrogen-bond donors (Lipinski definition) is 1. The minimum absolute atomic E-state index is 0.000890. The molecule has 1 saturated heterocycles. The first-order valence-corrected chi connectivity index (χ1v) is 10.3. The summed E-state index contributed by atoms with van der Waals surface area (Å²) in [5, 5.41) is 3.13. The number of amides is 1. The van der Waals surface area contributed by atoms with Crippen molar-refractivity contribution in [3.8, 4) is 11.5 Å². The molecule has 2 aromatic carbocycles. The number of carbonyl (C=O) groups is 1. The Bertz CT molecular complexity index is 825. The summed E-state index contributed by atoms with van der Waals surface area (Å²) in [5.74, 6) is 1.64. The topological polar surface area (TPSA) is 56.8 Å². The first-order valence-electron chi connectivity index (χ1n) is 10.3. The summed E-state index contributed by atoms with van der Waals surface area (Å²) in [4.78, 5) is 13.4. The first-order chi connectivity index (χ1) is 14.0. The van der Waals surface area contributed by atoms with E-state index in [1.807, 2.05) is 49.4 Å². The van der Waals surface area contributed by atoms with Gasteiger partial charge in [-0.05, 0) is 74.6 Å². The summed E-state index contributed by atoms with van der Waals surface area (Å²) >= 11 is 0. The number of anilines is 1. The van der Waals surface area contributed by atoms with Crippen molar-refractivity contribution in [3.63, 3.8) is 0 Å². The van der Waals surface area contributed by atoms with Gasteiger partial charge in [0.15, 0.2) is 0 Å². The highest BCUT2D eigenvalue weighted by atomic mass is 16.5. The number of carbonyl (C=O) groups excluding carboxylic acids is 1. The zero-order valence-electron chi connectivity index (χ0n) is 17.8. The minimum Gasteiger partial charge on any atom is -0.497 e. The molecule has 1 unspecified atom stereocenters. The van der Waals surface area contributed by atoms with Crippen LogP contribution in [0.2, 0.25) is 0 Å². The first kappa shape index (κ1) is 21.2. The Labute approximate surface area is 173 Å². The average Bonchev–Trinajstić information content (AvgIpc) is 2.76. The van der Waals surface area contributed by atoms with Crippen LogP contribution in [0.15, 0.2) is 42.5 Å². The normalized spacial score (nSPS) is 16.7. The van der Waals surface area contributed by atoms with Crippen LogP contribution in [0.1, 0.15) is 44.2 Å². The van der Waals surface area contributed by atoms with Gasteiger partial charge in [0.05, 0.1) is 18.6 Å². The number of benzene rings is 2. The SMILES string of the molecule is CCC(C)Oc1ccc(NC(=O)C2(c3ccc(OC)cc3)CCOCC2)cc1C. The standard InChI is InChI=1S/C24H31NO4/c1-5-18(3)29-22-11-8-20(16-17(22)2)25-23(26)24(12-14-28-15-13-24)19-6-9-21(27-4)10-7-19/h6-11,16,18H,5,12-15H2,1-4H3,(H,25,26). The van der Waals surface area contributed by atoms with Gasteiger partial charge < -0.3 is 19.5 Å². The summed E-state index contributed by atoms with van der Waals surface area (Å²) in [6, 6.07) is 13.6. The van der Waals surface area contributed by atoms with E-state index in [9.17, 15) is 4.79 Å². The van der Waals surface area contributed by atoms with Crippen molar-refractivity contribution in [1.82, 2.24) is 0 Å². The number of hydrogen-bond acceptors (Lipinski definition) is 4. The summed E-state index contributed by atoms with van der Waals surface area (Å²) in [6.45, 7) is 7.29. The van der Waals surface area contributed by atoms with Gasteiger partial charge in [0.1, 0.15) is 11.5 Å². The highest BCUT2D eigenvalue weighted by Crippen LogP contribution is 2.37. The van der Waals surface area contributed by atoms with E-state index in [1.54, 1.807) is 7.11 Å².